The van der Waals surface area contributed by atoms with Gasteiger partial charge in [-0.3, -0.25) is 19.6 Å². The van der Waals surface area contributed by atoms with Crippen LogP contribution in [0.4, 0.5) is 0 Å². The van der Waals surface area contributed by atoms with Gasteiger partial charge in [-0.05, 0) is 37.3 Å². The van der Waals surface area contributed by atoms with Crippen LogP contribution < -0.4 is 10.1 Å². The number of nitrogens with zero attached hydrogens (tertiary/aromatic N) is 4. The van der Waals surface area contributed by atoms with Gasteiger partial charge >= 0.3 is 0 Å². The number of amides is 2. The van der Waals surface area contributed by atoms with Crippen molar-refractivity contribution in [1.82, 2.24) is 20.3 Å². The van der Waals surface area contributed by atoms with Crippen LogP contribution in [0.15, 0.2) is 60.1 Å². The quantitative estimate of drug-likeness (QED) is 0.412. The van der Waals surface area contributed by atoms with E-state index >= 15 is 0 Å². The molecule has 0 atom stereocenters. The Kier molecular flexibility index (Phi) is 7.65. The molecule has 1 heterocycles. The van der Waals surface area contributed by atoms with E-state index < -0.39 is 0 Å². The first-order valence-electron chi connectivity index (χ1n) is 8.25. The minimum absolute atomic E-state index is 0.207. The second-order valence-corrected chi connectivity index (χ2v) is 5.39. The van der Waals surface area contributed by atoms with Crippen molar-refractivity contribution in [2.75, 3.05) is 13.7 Å². The van der Waals surface area contributed by atoms with E-state index in [4.69, 9.17) is 4.74 Å². The number of carbonyl (C=O) groups is 2. The predicted octanol–water partition coefficient (Wildman–Crippen LogP) is 1.54. The highest BCUT2D eigenvalue weighted by atomic mass is 16.5. The third-order valence-electron chi connectivity index (χ3n) is 3.46. The van der Waals surface area contributed by atoms with Crippen LogP contribution in [0.25, 0.3) is 0 Å². The van der Waals surface area contributed by atoms with E-state index in [0.29, 0.717) is 23.6 Å². The summed E-state index contributed by atoms with van der Waals surface area (Å²) in [5, 5.41) is 8.00. The Bertz CT molecular complexity index is 804. The van der Waals surface area contributed by atoms with Crippen molar-refractivity contribution >= 4 is 18.0 Å². The molecule has 2 aromatic rings. The molecule has 0 saturated heterocycles. The first-order chi connectivity index (χ1) is 13.2. The second kappa shape index (κ2) is 10.4. The SMILES string of the molecule is C/C=C\C(=N/N(C=O)CC(=O)NCc1cnccn1)c1ccc(OC)cc1. The van der Waals surface area contributed by atoms with Crippen molar-refractivity contribution in [3.05, 3.63) is 66.3 Å². The molecule has 0 aliphatic rings. The van der Waals surface area contributed by atoms with E-state index in [1.807, 2.05) is 19.1 Å². The second-order valence-electron chi connectivity index (χ2n) is 5.39. The molecule has 0 fully saturated rings. The standard InChI is InChI=1S/C19H21N5O3/c1-3-4-18(15-5-7-17(27-2)8-6-15)23-24(14-25)13-19(26)22-12-16-11-20-9-10-21-16/h3-11,14H,12-13H2,1-2H3,(H,22,26)/b4-3-,23-18+. The van der Waals surface area contributed by atoms with E-state index in [1.54, 1.807) is 50.0 Å². The lowest BCUT2D eigenvalue weighted by molar-refractivity contribution is -0.128. The molecule has 1 aromatic carbocycles. The molecule has 0 saturated carbocycles. The van der Waals surface area contributed by atoms with Gasteiger partial charge in [0.15, 0.2) is 0 Å². The molecule has 1 aromatic heterocycles. The molecule has 0 spiro atoms. The zero-order chi connectivity index (χ0) is 19.5. The number of nitrogens with one attached hydrogen (secondary N) is 1. The van der Waals surface area contributed by atoms with Crippen molar-refractivity contribution in [3.8, 4) is 5.75 Å². The molecule has 1 N–H and O–H groups in total. The largest absolute Gasteiger partial charge is 0.497 e. The zero-order valence-electron chi connectivity index (χ0n) is 15.2. The van der Waals surface area contributed by atoms with Crippen LogP contribution in [0.2, 0.25) is 0 Å². The molecule has 0 unspecified atom stereocenters. The van der Waals surface area contributed by atoms with Gasteiger partial charge in [-0.2, -0.15) is 5.10 Å². The van der Waals surface area contributed by atoms with Gasteiger partial charge < -0.3 is 10.1 Å². The minimum atomic E-state index is -0.355. The lowest BCUT2D eigenvalue weighted by atomic mass is 10.1. The first-order valence-corrected chi connectivity index (χ1v) is 8.25. The number of aromatic nitrogens is 2. The highest BCUT2D eigenvalue weighted by Gasteiger charge is 2.10. The predicted molar refractivity (Wildman–Crippen MR) is 101 cm³/mol. The van der Waals surface area contributed by atoms with Gasteiger partial charge in [-0.15, -0.1) is 0 Å². The summed E-state index contributed by atoms with van der Waals surface area (Å²) in [4.78, 5) is 31.4. The van der Waals surface area contributed by atoms with Crippen LogP contribution >= 0.6 is 0 Å². The van der Waals surface area contributed by atoms with E-state index in [2.05, 4.69) is 20.4 Å². The molecular formula is C19H21N5O3. The van der Waals surface area contributed by atoms with E-state index in [1.165, 1.54) is 0 Å². The Morgan fingerprint density at radius 2 is 2.07 bits per heavy atom. The number of carbonyl (C=O) groups excluding carboxylic acids is 2. The van der Waals surface area contributed by atoms with Crippen molar-refractivity contribution in [2.24, 2.45) is 5.10 Å². The molecule has 0 radical (unpaired) electrons. The molecule has 0 aliphatic carbocycles. The summed E-state index contributed by atoms with van der Waals surface area (Å²) >= 11 is 0. The smallest absolute Gasteiger partial charge is 0.242 e. The molecule has 8 heteroatoms. The van der Waals surface area contributed by atoms with Crippen LogP contribution in [0.3, 0.4) is 0 Å². The topological polar surface area (TPSA) is 96.8 Å². The van der Waals surface area contributed by atoms with Gasteiger partial charge in [0.2, 0.25) is 12.3 Å². The molecular weight excluding hydrogens is 346 g/mol. The van der Waals surface area contributed by atoms with Gasteiger partial charge in [0.25, 0.3) is 0 Å². The third-order valence-corrected chi connectivity index (χ3v) is 3.46. The maximum atomic E-state index is 12.1. The van der Waals surface area contributed by atoms with Crippen LogP contribution in [-0.2, 0) is 16.1 Å². The fraction of sp³-hybridized carbons (Fsp3) is 0.211. The Morgan fingerprint density at radius 3 is 2.67 bits per heavy atom. The molecule has 2 rings (SSSR count). The zero-order valence-corrected chi connectivity index (χ0v) is 15.2. The van der Waals surface area contributed by atoms with Crippen molar-refractivity contribution in [3.63, 3.8) is 0 Å². The minimum Gasteiger partial charge on any atom is -0.497 e. The van der Waals surface area contributed by atoms with Gasteiger partial charge in [-0.1, -0.05) is 6.08 Å². The number of hydrogen-bond donors (Lipinski definition) is 1. The lowest BCUT2D eigenvalue weighted by Gasteiger charge is -2.13. The fourth-order valence-corrected chi connectivity index (χ4v) is 2.15. The number of allylic oxidation sites excluding steroid dienone is 2. The van der Waals surface area contributed by atoms with Crippen molar-refractivity contribution < 1.29 is 14.3 Å². The normalized spacial score (nSPS) is 11.3. The number of hydrazone groups is 1. The summed E-state index contributed by atoms with van der Waals surface area (Å²) in [7, 11) is 1.59. The molecule has 140 valence electrons. The van der Waals surface area contributed by atoms with E-state index in [0.717, 1.165) is 10.6 Å². The van der Waals surface area contributed by atoms with Gasteiger partial charge in [0.1, 0.15) is 12.3 Å². The van der Waals surface area contributed by atoms with Gasteiger partial charge in [-0.25, -0.2) is 5.01 Å². The maximum absolute atomic E-state index is 12.1. The maximum Gasteiger partial charge on any atom is 0.242 e. The van der Waals surface area contributed by atoms with E-state index in [9.17, 15) is 9.59 Å². The lowest BCUT2D eigenvalue weighted by Crippen LogP contribution is -2.34. The number of hydrogen-bond acceptors (Lipinski definition) is 6. The van der Waals surface area contributed by atoms with Crippen molar-refractivity contribution in [1.29, 1.82) is 0 Å². The van der Waals surface area contributed by atoms with Crippen LogP contribution in [0.5, 0.6) is 5.75 Å². The average molecular weight is 367 g/mol. The summed E-state index contributed by atoms with van der Waals surface area (Å²) in [5.74, 6) is 0.361. The number of ether oxygens (including phenoxy) is 1. The monoisotopic (exact) mass is 367 g/mol. The van der Waals surface area contributed by atoms with Crippen LogP contribution in [0, 0.1) is 0 Å². The Labute approximate surface area is 157 Å². The molecule has 2 amide bonds. The Balaban J connectivity index is 2.05. The summed E-state index contributed by atoms with van der Waals surface area (Å²) in [6.07, 6.45) is 8.73. The highest BCUT2D eigenvalue weighted by molar-refractivity contribution is 6.08. The van der Waals surface area contributed by atoms with Crippen molar-refractivity contribution in [2.45, 2.75) is 13.5 Å². The molecule has 8 nitrogen and oxygen atoms in total. The van der Waals surface area contributed by atoms with Gasteiger partial charge in [0.05, 0.1) is 31.3 Å². The summed E-state index contributed by atoms with van der Waals surface area (Å²) in [6.45, 7) is 1.86. The molecule has 27 heavy (non-hydrogen) atoms. The number of methoxy groups -OCH3 is 1. The molecule has 0 bridgehead atoms. The molecule has 0 aliphatic heterocycles. The summed E-state index contributed by atoms with van der Waals surface area (Å²) in [6, 6.07) is 7.25. The Morgan fingerprint density at radius 1 is 1.30 bits per heavy atom. The van der Waals surface area contributed by atoms with E-state index in [-0.39, 0.29) is 19.0 Å². The first kappa shape index (κ1) is 19.8. The average Bonchev–Trinajstić information content (AvgIpc) is 2.72. The fourth-order valence-electron chi connectivity index (χ4n) is 2.15. The Hall–Kier alpha value is -3.55. The van der Waals surface area contributed by atoms with Crippen LogP contribution in [-0.4, -0.2) is 46.7 Å². The number of benzene rings is 1. The third kappa shape index (κ3) is 6.35. The highest BCUT2D eigenvalue weighted by Crippen LogP contribution is 2.13. The summed E-state index contributed by atoms with van der Waals surface area (Å²) in [5.41, 5.74) is 1.97. The van der Waals surface area contributed by atoms with Gasteiger partial charge in [0, 0.05) is 18.0 Å². The van der Waals surface area contributed by atoms with Crippen LogP contribution in [0.1, 0.15) is 18.2 Å². The number of rotatable bonds is 9. The summed E-state index contributed by atoms with van der Waals surface area (Å²) < 4.78 is 5.14.